The number of ether oxygens (including phenoxy) is 1. The molecule has 0 radical (unpaired) electrons. The molecule has 32 heavy (non-hydrogen) atoms. The molecule has 3 heterocycles. The number of para-hydroxylation sites is 2. The highest BCUT2D eigenvalue weighted by atomic mass is 32.1. The second kappa shape index (κ2) is 8.64. The van der Waals surface area contributed by atoms with Crippen LogP contribution in [0.2, 0.25) is 0 Å². The summed E-state index contributed by atoms with van der Waals surface area (Å²) in [4.78, 5) is 45.5. The van der Waals surface area contributed by atoms with Gasteiger partial charge in [0, 0.05) is 20.6 Å². The number of ketones is 1. The number of hydrogen-bond acceptors (Lipinski definition) is 9. The van der Waals surface area contributed by atoms with Gasteiger partial charge in [0.1, 0.15) is 22.3 Å². The van der Waals surface area contributed by atoms with Crippen LogP contribution < -0.4 is 15.4 Å². The lowest BCUT2D eigenvalue weighted by molar-refractivity contribution is -0.147. The first-order valence-electron chi connectivity index (χ1n) is 9.74. The summed E-state index contributed by atoms with van der Waals surface area (Å²) in [6.07, 6.45) is 1.29. The quantitative estimate of drug-likeness (QED) is 0.320. The molecule has 0 fully saturated rings. The van der Waals surface area contributed by atoms with E-state index >= 15 is 0 Å². The van der Waals surface area contributed by atoms with Crippen LogP contribution in [0.15, 0.2) is 58.2 Å². The lowest BCUT2D eigenvalue weighted by atomic mass is 10.2. The Kier molecular flexibility index (Phi) is 5.75. The maximum Gasteiger partial charge on any atom is 0.308 e. The number of aryl methyl sites for hydroxylation is 1. The first-order chi connectivity index (χ1) is 15.4. The Morgan fingerprint density at radius 2 is 1.84 bits per heavy atom. The van der Waals surface area contributed by atoms with Gasteiger partial charge in [0.15, 0.2) is 6.61 Å². The average Bonchev–Trinajstić information content (AvgIpc) is 3.37. The summed E-state index contributed by atoms with van der Waals surface area (Å²) in [5, 5.41) is 11.9. The minimum absolute atomic E-state index is 0.0810. The minimum atomic E-state index is -0.644. The smallest absolute Gasteiger partial charge is 0.308 e. The molecular formula is C22H19N5O4S. The van der Waals surface area contributed by atoms with Gasteiger partial charge in [-0.25, -0.2) is 4.98 Å². The second-order valence-electron chi connectivity index (χ2n) is 7.13. The monoisotopic (exact) mass is 449 g/mol. The molecule has 0 unspecified atom stereocenters. The predicted octanol–water partition coefficient (Wildman–Crippen LogP) is 2.28. The first kappa shape index (κ1) is 21.3. The molecule has 3 aromatic rings. The van der Waals surface area contributed by atoms with Gasteiger partial charge >= 0.3 is 5.97 Å². The highest BCUT2D eigenvalue weighted by Gasteiger charge is 2.31. The number of thiophene rings is 1. The number of aromatic nitrogens is 2. The van der Waals surface area contributed by atoms with E-state index in [1.165, 1.54) is 22.2 Å². The summed E-state index contributed by atoms with van der Waals surface area (Å²) in [7, 11) is 3.54. The van der Waals surface area contributed by atoms with Crippen molar-refractivity contribution in [1.29, 1.82) is 5.26 Å². The maximum absolute atomic E-state index is 12.7. The van der Waals surface area contributed by atoms with Gasteiger partial charge in [-0.1, -0.05) is 12.1 Å². The molecule has 0 spiro atoms. The van der Waals surface area contributed by atoms with E-state index in [2.05, 4.69) is 4.98 Å². The van der Waals surface area contributed by atoms with Crippen molar-refractivity contribution in [3.05, 3.63) is 63.8 Å². The second-order valence-corrected chi connectivity index (χ2v) is 8.03. The summed E-state index contributed by atoms with van der Waals surface area (Å²) >= 11 is 1.37. The Morgan fingerprint density at radius 3 is 2.50 bits per heavy atom. The van der Waals surface area contributed by atoms with Crippen molar-refractivity contribution < 1.29 is 14.3 Å². The van der Waals surface area contributed by atoms with E-state index in [1.807, 2.05) is 30.3 Å². The Labute approximate surface area is 187 Å². The van der Waals surface area contributed by atoms with Gasteiger partial charge in [0.2, 0.25) is 5.78 Å². The Hall–Kier alpha value is -3.97. The number of hydrogen-bond donors (Lipinski definition) is 0. The van der Waals surface area contributed by atoms with E-state index < -0.39 is 18.4 Å². The van der Waals surface area contributed by atoms with Crippen molar-refractivity contribution in [3.63, 3.8) is 0 Å². The topological polar surface area (TPSA) is 109 Å². The molecule has 162 valence electrons. The number of carbonyl (C=O) groups excluding carboxylic acids is 2. The van der Waals surface area contributed by atoms with Crippen LogP contribution in [0, 0.1) is 11.3 Å². The van der Waals surface area contributed by atoms with Gasteiger partial charge in [0.05, 0.1) is 29.5 Å². The molecule has 0 aliphatic carbocycles. The number of rotatable bonds is 6. The zero-order valence-electron chi connectivity index (χ0n) is 17.4. The van der Waals surface area contributed by atoms with Crippen molar-refractivity contribution in [2.75, 3.05) is 30.5 Å². The Bertz CT molecular complexity index is 1320. The largest absolute Gasteiger partial charge is 0.457 e. The summed E-state index contributed by atoms with van der Waals surface area (Å²) < 4.78 is 6.42. The van der Waals surface area contributed by atoms with Gasteiger partial charge in [-0.15, -0.1) is 11.3 Å². The van der Waals surface area contributed by atoms with Crippen molar-refractivity contribution in [2.45, 2.75) is 13.0 Å². The lowest BCUT2D eigenvalue weighted by Crippen LogP contribution is -2.28. The molecule has 10 heteroatoms. The van der Waals surface area contributed by atoms with E-state index in [0.717, 1.165) is 11.4 Å². The van der Waals surface area contributed by atoms with Crippen molar-refractivity contribution in [2.24, 2.45) is 0 Å². The van der Waals surface area contributed by atoms with Crippen LogP contribution in [0.5, 0.6) is 0 Å². The molecule has 0 saturated carbocycles. The van der Waals surface area contributed by atoms with Crippen LogP contribution in [0.4, 0.5) is 11.4 Å². The molecule has 0 atom stereocenters. The summed E-state index contributed by atoms with van der Waals surface area (Å²) in [6, 6.07) is 11.2. The fourth-order valence-electron chi connectivity index (χ4n) is 3.61. The molecule has 4 rings (SSSR count). The van der Waals surface area contributed by atoms with Crippen LogP contribution in [-0.4, -0.2) is 42.0 Å². The third-order valence-electron chi connectivity index (χ3n) is 5.23. The number of Topliss-reactive ketones (excluding diaryl/α,β-unsaturated/α-hetero) is 1. The van der Waals surface area contributed by atoms with E-state index in [-0.39, 0.29) is 24.1 Å². The summed E-state index contributed by atoms with van der Waals surface area (Å²) in [5.74, 6) is -0.813. The van der Waals surface area contributed by atoms with E-state index in [4.69, 9.17) is 4.74 Å². The maximum atomic E-state index is 12.7. The number of fused-ring (bicyclic) bond motifs is 2. The lowest BCUT2D eigenvalue weighted by Gasteiger charge is -2.19. The van der Waals surface area contributed by atoms with Crippen molar-refractivity contribution >= 4 is 44.7 Å². The molecule has 2 aromatic heterocycles. The van der Waals surface area contributed by atoms with Gasteiger partial charge in [0.25, 0.3) is 5.56 Å². The van der Waals surface area contributed by atoms with Gasteiger partial charge in [-0.2, -0.15) is 5.26 Å². The van der Waals surface area contributed by atoms with Gasteiger partial charge in [-0.05, 0) is 23.6 Å². The molecule has 0 amide bonds. The third kappa shape index (κ3) is 3.74. The predicted molar refractivity (Wildman–Crippen MR) is 120 cm³/mol. The fraction of sp³-hybridized carbons (Fsp3) is 0.227. The number of anilines is 2. The first-order valence-corrected chi connectivity index (χ1v) is 10.6. The van der Waals surface area contributed by atoms with Crippen molar-refractivity contribution in [3.8, 4) is 6.07 Å². The highest BCUT2D eigenvalue weighted by Crippen LogP contribution is 2.40. The third-order valence-corrected chi connectivity index (χ3v) is 6.05. The SMILES string of the molecule is CN1C(=C(C#N)C(=O)COC(=O)CCn2cnc3sccc3c2=O)N(C)c2ccccc21. The normalized spacial score (nSPS) is 12.6. The van der Waals surface area contributed by atoms with Crippen LogP contribution in [-0.2, 0) is 20.9 Å². The zero-order valence-corrected chi connectivity index (χ0v) is 18.3. The van der Waals surface area contributed by atoms with E-state index in [1.54, 1.807) is 35.3 Å². The van der Waals surface area contributed by atoms with Gasteiger partial charge in [-0.3, -0.25) is 19.0 Å². The molecule has 0 N–H and O–H groups in total. The zero-order chi connectivity index (χ0) is 22.8. The number of carbonyl (C=O) groups is 2. The number of esters is 1. The highest BCUT2D eigenvalue weighted by molar-refractivity contribution is 7.16. The van der Waals surface area contributed by atoms with Crippen LogP contribution in [0.1, 0.15) is 6.42 Å². The van der Waals surface area contributed by atoms with Gasteiger partial charge < -0.3 is 14.5 Å². The fourth-order valence-corrected chi connectivity index (χ4v) is 4.34. The van der Waals surface area contributed by atoms with Crippen LogP contribution in [0.3, 0.4) is 0 Å². The average molecular weight is 449 g/mol. The minimum Gasteiger partial charge on any atom is -0.457 e. The standard InChI is InChI=1S/C22H19N5O4S/c1-25-16-5-3-4-6-17(16)26(2)21(25)15(11-23)18(28)12-31-19(29)7-9-27-13-24-20-14(22(27)30)8-10-32-20/h3-6,8,10,13H,7,9,12H2,1-2H3. The molecule has 1 aromatic carbocycles. The van der Waals surface area contributed by atoms with Crippen LogP contribution >= 0.6 is 11.3 Å². The number of nitrogens with zero attached hydrogens (tertiary/aromatic N) is 5. The molecular weight excluding hydrogens is 430 g/mol. The van der Waals surface area contributed by atoms with E-state index in [0.29, 0.717) is 16.0 Å². The molecule has 9 nitrogen and oxygen atoms in total. The number of nitriles is 1. The van der Waals surface area contributed by atoms with E-state index in [9.17, 15) is 19.6 Å². The Morgan fingerprint density at radius 1 is 1.16 bits per heavy atom. The van der Waals surface area contributed by atoms with Crippen LogP contribution in [0.25, 0.3) is 10.2 Å². The Balaban J connectivity index is 1.41. The summed E-state index contributed by atoms with van der Waals surface area (Å²) in [6.45, 7) is -0.475. The molecule has 1 aliphatic heterocycles. The molecule has 0 bridgehead atoms. The molecule has 1 aliphatic rings. The van der Waals surface area contributed by atoms with Crippen molar-refractivity contribution in [1.82, 2.24) is 9.55 Å². The number of benzene rings is 1. The molecule has 0 saturated heterocycles. The summed E-state index contributed by atoms with van der Waals surface area (Å²) in [5.41, 5.74) is 1.40.